The molecule has 1 aromatic heterocycles. The van der Waals surface area contributed by atoms with E-state index < -0.39 is 5.97 Å². The zero-order valence-corrected chi connectivity index (χ0v) is 11.2. The highest BCUT2D eigenvalue weighted by Crippen LogP contribution is 2.19. The summed E-state index contributed by atoms with van der Waals surface area (Å²) in [5.41, 5.74) is 0.310. The van der Waals surface area contributed by atoms with Crippen LogP contribution in [0.3, 0.4) is 0 Å². The van der Waals surface area contributed by atoms with Crippen LogP contribution < -0.4 is 9.47 Å². The number of carbonyl (C=O) groups is 1. The summed E-state index contributed by atoms with van der Waals surface area (Å²) in [6, 6.07) is 7.10. The minimum atomic E-state index is -1.12. The van der Waals surface area contributed by atoms with E-state index in [1.807, 2.05) is 6.92 Å². The number of aryl methyl sites for hydroxylation is 1. The SMILES string of the molecule is CCOc1ccc(OCc2c(C(=O)O)nnn2C)cc1. The van der Waals surface area contributed by atoms with Crippen LogP contribution in [0, 0.1) is 0 Å². The summed E-state index contributed by atoms with van der Waals surface area (Å²) >= 11 is 0. The van der Waals surface area contributed by atoms with Crippen molar-refractivity contribution in [2.75, 3.05) is 6.61 Å². The molecule has 0 unspecified atom stereocenters. The van der Waals surface area contributed by atoms with Gasteiger partial charge in [0.1, 0.15) is 23.8 Å². The van der Waals surface area contributed by atoms with Gasteiger partial charge in [-0.25, -0.2) is 9.48 Å². The molecule has 0 amide bonds. The van der Waals surface area contributed by atoms with Crippen molar-refractivity contribution in [2.24, 2.45) is 7.05 Å². The third-order valence-electron chi connectivity index (χ3n) is 2.66. The Hall–Kier alpha value is -2.57. The summed E-state index contributed by atoms with van der Waals surface area (Å²) in [5.74, 6) is 0.252. The second kappa shape index (κ2) is 6.05. The monoisotopic (exact) mass is 277 g/mol. The normalized spacial score (nSPS) is 10.3. The number of aromatic nitrogens is 3. The van der Waals surface area contributed by atoms with Gasteiger partial charge in [0.05, 0.1) is 6.61 Å². The fourth-order valence-electron chi connectivity index (χ4n) is 1.66. The summed E-state index contributed by atoms with van der Waals surface area (Å²) in [6.07, 6.45) is 0. The number of benzene rings is 1. The highest BCUT2D eigenvalue weighted by Gasteiger charge is 2.17. The van der Waals surface area contributed by atoms with Crippen LogP contribution in [0.1, 0.15) is 23.1 Å². The van der Waals surface area contributed by atoms with E-state index in [4.69, 9.17) is 14.6 Å². The van der Waals surface area contributed by atoms with Gasteiger partial charge >= 0.3 is 5.97 Å². The van der Waals surface area contributed by atoms with E-state index in [9.17, 15) is 4.79 Å². The molecule has 7 heteroatoms. The number of ether oxygens (including phenoxy) is 2. The Morgan fingerprint density at radius 3 is 2.40 bits per heavy atom. The number of aromatic carboxylic acids is 1. The molecule has 0 bridgehead atoms. The molecule has 1 N–H and O–H groups in total. The molecule has 7 nitrogen and oxygen atoms in total. The summed E-state index contributed by atoms with van der Waals surface area (Å²) < 4.78 is 12.2. The molecule has 0 radical (unpaired) electrons. The maximum Gasteiger partial charge on any atom is 0.358 e. The smallest absolute Gasteiger partial charge is 0.358 e. The number of hydrogen-bond donors (Lipinski definition) is 1. The van der Waals surface area contributed by atoms with Crippen LogP contribution in [0.15, 0.2) is 24.3 Å². The van der Waals surface area contributed by atoms with Gasteiger partial charge in [-0.3, -0.25) is 0 Å². The molecular weight excluding hydrogens is 262 g/mol. The number of nitrogens with zero attached hydrogens (tertiary/aromatic N) is 3. The molecule has 0 fully saturated rings. The van der Waals surface area contributed by atoms with Crippen molar-refractivity contribution in [1.29, 1.82) is 0 Å². The molecule has 0 aliphatic heterocycles. The summed E-state index contributed by atoms with van der Waals surface area (Å²) in [4.78, 5) is 11.0. The van der Waals surface area contributed by atoms with Gasteiger partial charge in [-0.1, -0.05) is 5.21 Å². The first-order chi connectivity index (χ1) is 9.61. The van der Waals surface area contributed by atoms with Crippen molar-refractivity contribution < 1.29 is 19.4 Å². The molecule has 2 rings (SSSR count). The molecule has 2 aromatic rings. The van der Waals surface area contributed by atoms with Gasteiger partial charge in [-0.15, -0.1) is 5.10 Å². The van der Waals surface area contributed by atoms with E-state index in [2.05, 4.69) is 10.3 Å². The van der Waals surface area contributed by atoms with Crippen molar-refractivity contribution in [3.05, 3.63) is 35.7 Å². The molecule has 0 aliphatic rings. The fourth-order valence-corrected chi connectivity index (χ4v) is 1.66. The molecular formula is C13H15N3O4. The largest absolute Gasteiger partial charge is 0.494 e. The van der Waals surface area contributed by atoms with Crippen molar-refractivity contribution >= 4 is 5.97 Å². The first kappa shape index (κ1) is 13.9. The average molecular weight is 277 g/mol. The Morgan fingerprint density at radius 2 is 1.85 bits per heavy atom. The van der Waals surface area contributed by atoms with Gasteiger partial charge in [0.15, 0.2) is 5.69 Å². The molecule has 1 aromatic carbocycles. The zero-order chi connectivity index (χ0) is 14.5. The number of rotatable bonds is 6. The van der Waals surface area contributed by atoms with Gasteiger partial charge in [0.2, 0.25) is 0 Å². The van der Waals surface area contributed by atoms with Crippen molar-refractivity contribution in [3.63, 3.8) is 0 Å². The number of hydrogen-bond acceptors (Lipinski definition) is 5. The van der Waals surface area contributed by atoms with E-state index >= 15 is 0 Å². The minimum Gasteiger partial charge on any atom is -0.494 e. The lowest BCUT2D eigenvalue weighted by atomic mass is 10.3. The van der Waals surface area contributed by atoms with Crippen LogP contribution in [0.2, 0.25) is 0 Å². The van der Waals surface area contributed by atoms with Crippen LogP contribution in [0.5, 0.6) is 11.5 Å². The zero-order valence-electron chi connectivity index (χ0n) is 11.2. The molecule has 106 valence electrons. The van der Waals surface area contributed by atoms with Crippen LogP contribution in [-0.4, -0.2) is 32.7 Å². The highest BCUT2D eigenvalue weighted by molar-refractivity contribution is 5.86. The maximum absolute atomic E-state index is 11.0. The standard InChI is InChI=1S/C13H15N3O4/c1-3-19-9-4-6-10(7-5-9)20-8-11-12(13(17)18)14-15-16(11)2/h4-7H,3,8H2,1-2H3,(H,17,18). The quantitative estimate of drug-likeness (QED) is 0.860. The second-order valence-corrected chi connectivity index (χ2v) is 4.01. The van der Waals surface area contributed by atoms with E-state index in [1.54, 1.807) is 31.3 Å². The molecule has 0 atom stereocenters. The topological polar surface area (TPSA) is 86.5 Å². The summed E-state index contributed by atoms with van der Waals surface area (Å²) in [7, 11) is 1.62. The van der Waals surface area contributed by atoms with Crippen molar-refractivity contribution in [2.45, 2.75) is 13.5 Å². The van der Waals surface area contributed by atoms with E-state index in [-0.39, 0.29) is 12.3 Å². The first-order valence-corrected chi connectivity index (χ1v) is 6.09. The molecule has 1 heterocycles. The average Bonchev–Trinajstić information content (AvgIpc) is 2.80. The first-order valence-electron chi connectivity index (χ1n) is 6.09. The molecule has 0 aliphatic carbocycles. The minimum absolute atomic E-state index is 0.0825. The Balaban J connectivity index is 2.05. The highest BCUT2D eigenvalue weighted by atomic mass is 16.5. The lowest BCUT2D eigenvalue weighted by Crippen LogP contribution is -2.08. The Labute approximate surface area is 115 Å². The molecule has 0 saturated heterocycles. The van der Waals surface area contributed by atoms with Crippen molar-refractivity contribution in [1.82, 2.24) is 15.0 Å². The molecule has 0 saturated carbocycles. The van der Waals surface area contributed by atoms with Crippen LogP contribution in [0.4, 0.5) is 0 Å². The predicted octanol–water partition coefficient (Wildman–Crippen LogP) is 1.49. The molecule has 0 spiro atoms. The van der Waals surface area contributed by atoms with E-state index in [1.165, 1.54) is 4.68 Å². The van der Waals surface area contributed by atoms with Crippen LogP contribution >= 0.6 is 0 Å². The number of carboxylic acids is 1. The third kappa shape index (κ3) is 3.05. The van der Waals surface area contributed by atoms with E-state index in [0.29, 0.717) is 18.1 Å². The maximum atomic E-state index is 11.0. The third-order valence-corrected chi connectivity index (χ3v) is 2.66. The second-order valence-electron chi connectivity index (χ2n) is 4.01. The Morgan fingerprint density at radius 1 is 1.25 bits per heavy atom. The number of carboxylic acid groups (broad SMARTS) is 1. The molecule has 20 heavy (non-hydrogen) atoms. The van der Waals surface area contributed by atoms with Gasteiger partial charge in [0.25, 0.3) is 0 Å². The van der Waals surface area contributed by atoms with Crippen LogP contribution in [-0.2, 0) is 13.7 Å². The van der Waals surface area contributed by atoms with Gasteiger partial charge < -0.3 is 14.6 Å². The Bertz CT molecular complexity index is 592. The Kier molecular flexibility index (Phi) is 4.19. The van der Waals surface area contributed by atoms with Crippen LogP contribution in [0.25, 0.3) is 0 Å². The lowest BCUT2D eigenvalue weighted by molar-refractivity contribution is 0.0687. The fraction of sp³-hybridized carbons (Fsp3) is 0.308. The van der Waals surface area contributed by atoms with Crippen molar-refractivity contribution in [3.8, 4) is 11.5 Å². The summed E-state index contributed by atoms with van der Waals surface area (Å²) in [6.45, 7) is 2.59. The summed E-state index contributed by atoms with van der Waals surface area (Å²) in [5, 5.41) is 16.2. The van der Waals surface area contributed by atoms with Gasteiger partial charge in [-0.05, 0) is 31.2 Å². The predicted molar refractivity (Wildman–Crippen MR) is 69.9 cm³/mol. The van der Waals surface area contributed by atoms with E-state index in [0.717, 1.165) is 5.75 Å². The van der Waals surface area contributed by atoms with Gasteiger partial charge in [0, 0.05) is 7.05 Å². The van der Waals surface area contributed by atoms with Gasteiger partial charge in [-0.2, -0.15) is 0 Å². The lowest BCUT2D eigenvalue weighted by Gasteiger charge is -2.08.